The predicted molar refractivity (Wildman–Crippen MR) is 81.4 cm³/mol. The lowest BCUT2D eigenvalue weighted by molar-refractivity contribution is 0.592. The molecule has 0 heterocycles. The molecule has 0 unspecified atom stereocenters. The van der Waals surface area contributed by atoms with E-state index in [1.807, 2.05) is 0 Å². The molecule has 0 saturated heterocycles. The van der Waals surface area contributed by atoms with Gasteiger partial charge >= 0.3 is 0 Å². The van der Waals surface area contributed by atoms with Crippen molar-refractivity contribution in [2.45, 2.75) is 11.4 Å². The van der Waals surface area contributed by atoms with Gasteiger partial charge in [0.15, 0.2) is 0 Å². The number of nitrogens with one attached hydrogen (secondary N) is 2. The van der Waals surface area contributed by atoms with Gasteiger partial charge in [0, 0.05) is 6.54 Å². The van der Waals surface area contributed by atoms with Gasteiger partial charge in [-0.05, 0) is 36.9 Å². The zero-order valence-corrected chi connectivity index (χ0v) is 12.8. The third-order valence-electron chi connectivity index (χ3n) is 2.80. The number of rotatable bonds is 5. The molecule has 21 heavy (non-hydrogen) atoms. The van der Waals surface area contributed by atoms with Crippen LogP contribution >= 0.6 is 11.6 Å². The minimum atomic E-state index is -3.93. The van der Waals surface area contributed by atoms with Crippen molar-refractivity contribution in [2.24, 2.45) is 0 Å². The molecule has 2 aromatic carbocycles. The first-order valence-electron chi connectivity index (χ1n) is 6.14. The second-order valence-corrected chi connectivity index (χ2v) is 6.43. The summed E-state index contributed by atoms with van der Waals surface area (Å²) < 4.78 is 40.6. The van der Waals surface area contributed by atoms with E-state index in [1.165, 1.54) is 18.2 Å². The predicted octanol–water partition coefficient (Wildman–Crippen LogP) is 3.00. The molecule has 112 valence electrons. The van der Waals surface area contributed by atoms with Crippen molar-refractivity contribution in [1.29, 1.82) is 0 Å². The van der Waals surface area contributed by atoms with Gasteiger partial charge in [-0.15, -0.1) is 0 Å². The number of halogens is 2. The van der Waals surface area contributed by atoms with E-state index in [4.69, 9.17) is 11.6 Å². The molecule has 7 heteroatoms. The van der Waals surface area contributed by atoms with Crippen LogP contribution in [-0.2, 0) is 16.6 Å². The summed E-state index contributed by atoms with van der Waals surface area (Å²) in [6, 6.07) is 10.1. The molecule has 0 aliphatic heterocycles. The molecule has 0 bridgehead atoms. The second-order valence-electron chi connectivity index (χ2n) is 4.37. The maximum absolute atomic E-state index is 13.4. The molecule has 4 nitrogen and oxygen atoms in total. The van der Waals surface area contributed by atoms with Crippen LogP contribution in [0.5, 0.6) is 0 Å². The topological polar surface area (TPSA) is 58.2 Å². The number of anilines is 1. The molecule has 0 saturated carbocycles. The van der Waals surface area contributed by atoms with Crippen LogP contribution in [0, 0.1) is 5.82 Å². The Kier molecular flexibility index (Phi) is 4.82. The van der Waals surface area contributed by atoms with Crippen LogP contribution < -0.4 is 10.0 Å². The number of benzene rings is 2. The lowest BCUT2D eigenvalue weighted by Gasteiger charge is -2.13. The lowest BCUT2D eigenvalue weighted by Crippen LogP contribution is -2.18. The summed E-state index contributed by atoms with van der Waals surface area (Å²) >= 11 is 5.94. The molecule has 0 aromatic heterocycles. The number of sulfonamides is 1. The molecule has 2 rings (SSSR count). The molecule has 2 N–H and O–H groups in total. The first kappa shape index (κ1) is 15.8. The number of hydrogen-bond acceptors (Lipinski definition) is 3. The van der Waals surface area contributed by atoms with Crippen LogP contribution in [-0.4, -0.2) is 15.5 Å². The molecule has 0 aliphatic carbocycles. The lowest BCUT2D eigenvalue weighted by atomic mass is 10.2. The fraction of sp³-hybridized carbons (Fsp3) is 0.143. The highest BCUT2D eigenvalue weighted by Gasteiger charge is 2.20. The monoisotopic (exact) mass is 328 g/mol. The summed E-state index contributed by atoms with van der Waals surface area (Å²) in [4.78, 5) is -0.114. The molecule has 0 atom stereocenters. The van der Waals surface area contributed by atoms with Gasteiger partial charge in [-0.2, -0.15) is 0 Å². The van der Waals surface area contributed by atoms with E-state index < -0.39 is 15.8 Å². The Bertz CT molecular complexity index is 750. The van der Waals surface area contributed by atoms with Gasteiger partial charge in [0.25, 0.3) is 10.0 Å². The summed E-state index contributed by atoms with van der Waals surface area (Å²) in [7, 11) is -2.24. The fourth-order valence-electron chi connectivity index (χ4n) is 1.86. The Morgan fingerprint density at radius 2 is 1.90 bits per heavy atom. The molecule has 0 amide bonds. The summed E-state index contributed by atoms with van der Waals surface area (Å²) in [5, 5.41) is 3.12. The standard InChI is InChI=1S/C14H14ClFN2O2S/c1-17-9-10-6-7-11(16)8-14(10)21(19,20)18-13-5-3-2-4-12(13)15/h2-8,17-18H,9H2,1H3. The zero-order valence-electron chi connectivity index (χ0n) is 11.2. The molecule has 0 aliphatic rings. The quantitative estimate of drug-likeness (QED) is 0.887. The van der Waals surface area contributed by atoms with Crippen LogP contribution in [0.4, 0.5) is 10.1 Å². The van der Waals surface area contributed by atoms with E-state index in [0.29, 0.717) is 12.1 Å². The van der Waals surface area contributed by atoms with Crippen molar-refractivity contribution >= 4 is 27.3 Å². The fourth-order valence-corrected chi connectivity index (χ4v) is 3.43. The third kappa shape index (κ3) is 3.72. The van der Waals surface area contributed by atoms with E-state index in [9.17, 15) is 12.8 Å². The summed E-state index contributed by atoms with van der Waals surface area (Å²) in [6.45, 7) is 0.305. The Morgan fingerprint density at radius 3 is 2.57 bits per heavy atom. The van der Waals surface area contributed by atoms with Gasteiger partial charge in [-0.25, -0.2) is 12.8 Å². The van der Waals surface area contributed by atoms with E-state index in [2.05, 4.69) is 10.0 Å². The van der Waals surface area contributed by atoms with E-state index >= 15 is 0 Å². The van der Waals surface area contributed by atoms with Crippen molar-refractivity contribution in [1.82, 2.24) is 5.32 Å². The molecule has 0 radical (unpaired) electrons. The molecule has 0 spiro atoms. The SMILES string of the molecule is CNCc1ccc(F)cc1S(=O)(=O)Nc1ccccc1Cl. The minimum absolute atomic E-state index is 0.114. The minimum Gasteiger partial charge on any atom is -0.316 e. The third-order valence-corrected chi connectivity index (χ3v) is 4.58. The van der Waals surface area contributed by atoms with Crippen LogP contribution in [0.25, 0.3) is 0 Å². The van der Waals surface area contributed by atoms with Crippen LogP contribution in [0.3, 0.4) is 0 Å². The highest BCUT2D eigenvalue weighted by Crippen LogP contribution is 2.25. The normalized spacial score (nSPS) is 11.4. The van der Waals surface area contributed by atoms with E-state index in [0.717, 1.165) is 6.07 Å². The molecular formula is C14H14ClFN2O2S. The summed E-state index contributed by atoms with van der Waals surface area (Å²) in [6.07, 6.45) is 0. The molecule has 2 aromatic rings. The smallest absolute Gasteiger partial charge is 0.262 e. The van der Waals surface area contributed by atoms with Crippen LogP contribution in [0.1, 0.15) is 5.56 Å². The van der Waals surface area contributed by atoms with Crippen molar-refractivity contribution in [3.63, 3.8) is 0 Å². The Balaban J connectivity index is 2.44. The van der Waals surface area contributed by atoms with Gasteiger partial charge in [-0.3, -0.25) is 4.72 Å². The van der Waals surface area contributed by atoms with E-state index in [-0.39, 0.29) is 15.6 Å². The number of para-hydroxylation sites is 1. The highest BCUT2D eigenvalue weighted by molar-refractivity contribution is 7.92. The van der Waals surface area contributed by atoms with Crippen molar-refractivity contribution in [2.75, 3.05) is 11.8 Å². The van der Waals surface area contributed by atoms with Gasteiger partial charge < -0.3 is 5.32 Å². The largest absolute Gasteiger partial charge is 0.316 e. The van der Waals surface area contributed by atoms with Crippen molar-refractivity contribution in [3.05, 3.63) is 58.9 Å². The van der Waals surface area contributed by atoms with Crippen molar-refractivity contribution < 1.29 is 12.8 Å². The average Bonchev–Trinajstić information content (AvgIpc) is 2.43. The van der Waals surface area contributed by atoms with Crippen molar-refractivity contribution in [3.8, 4) is 0 Å². The zero-order chi connectivity index (χ0) is 15.5. The van der Waals surface area contributed by atoms with Gasteiger partial charge in [0.2, 0.25) is 0 Å². The van der Waals surface area contributed by atoms with Crippen LogP contribution in [0.15, 0.2) is 47.4 Å². The van der Waals surface area contributed by atoms with Gasteiger partial charge in [0.05, 0.1) is 15.6 Å². The first-order valence-corrected chi connectivity index (χ1v) is 8.00. The summed E-state index contributed by atoms with van der Waals surface area (Å²) in [5.74, 6) is -0.616. The maximum atomic E-state index is 13.4. The second kappa shape index (κ2) is 6.43. The Morgan fingerprint density at radius 1 is 1.19 bits per heavy atom. The van der Waals surface area contributed by atoms with Gasteiger partial charge in [-0.1, -0.05) is 29.8 Å². The maximum Gasteiger partial charge on any atom is 0.262 e. The molecular weight excluding hydrogens is 315 g/mol. The van der Waals surface area contributed by atoms with E-state index in [1.54, 1.807) is 25.2 Å². The van der Waals surface area contributed by atoms with Gasteiger partial charge in [0.1, 0.15) is 5.82 Å². The summed E-state index contributed by atoms with van der Waals surface area (Å²) in [5.41, 5.74) is 0.720. The first-order chi connectivity index (χ1) is 9.94. The molecule has 0 fully saturated rings. The number of hydrogen-bond donors (Lipinski definition) is 2. The highest BCUT2D eigenvalue weighted by atomic mass is 35.5. The van der Waals surface area contributed by atoms with Crippen LogP contribution in [0.2, 0.25) is 5.02 Å². The Labute approximate surface area is 128 Å². The average molecular weight is 329 g/mol. The Hall–Kier alpha value is -1.63.